The van der Waals surface area contributed by atoms with Gasteiger partial charge in [-0.2, -0.15) is 0 Å². The van der Waals surface area contributed by atoms with E-state index < -0.39 is 41.5 Å². The number of nitrogens with one attached hydrogen (secondary N) is 3. The zero-order chi connectivity index (χ0) is 21.0. The second-order valence-electron chi connectivity index (χ2n) is 6.74. The van der Waals surface area contributed by atoms with Crippen molar-refractivity contribution in [1.29, 1.82) is 0 Å². The maximum atomic E-state index is 12.7. The van der Waals surface area contributed by atoms with Crippen LogP contribution in [0.2, 0.25) is 0 Å². The van der Waals surface area contributed by atoms with Crippen LogP contribution in [0.4, 0.5) is 16.2 Å². The number of non-ortho nitro benzene ring substituents is 1. The van der Waals surface area contributed by atoms with Gasteiger partial charge >= 0.3 is 6.03 Å². The van der Waals surface area contributed by atoms with E-state index in [1.54, 1.807) is 17.0 Å². The van der Waals surface area contributed by atoms with Gasteiger partial charge in [0.25, 0.3) is 5.69 Å². The van der Waals surface area contributed by atoms with E-state index in [1.165, 1.54) is 12.1 Å². The molecule has 0 saturated carbocycles. The third-order valence-electron chi connectivity index (χ3n) is 4.90. The smallest absolute Gasteiger partial charge is 0.315 e. The Morgan fingerprint density at radius 2 is 1.90 bits per heavy atom. The molecular weight excluding hydrogens is 384 g/mol. The van der Waals surface area contributed by atoms with E-state index in [2.05, 4.69) is 16.0 Å². The van der Waals surface area contributed by atoms with E-state index in [1.807, 2.05) is 4.90 Å². The van der Waals surface area contributed by atoms with E-state index in [-0.39, 0.29) is 12.2 Å². The number of carbonyl (C=O) groups excluding carboxylic acids is 3. The summed E-state index contributed by atoms with van der Waals surface area (Å²) in [5.74, 6) is -0.943. The molecule has 2 heterocycles. The maximum Gasteiger partial charge on any atom is 0.315 e. The first-order valence-corrected chi connectivity index (χ1v) is 9.13. The number of nitro groups is 1. The Kier molecular flexibility index (Phi) is 6.12. The van der Waals surface area contributed by atoms with Crippen molar-refractivity contribution in [3.05, 3.63) is 34.4 Å². The molecule has 29 heavy (non-hydrogen) atoms. The summed E-state index contributed by atoms with van der Waals surface area (Å²) in [5.41, 5.74) is 0.830. The van der Waals surface area contributed by atoms with Gasteiger partial charge in [0, 0.05) is 50.5 Å². The SMILES string of the molecule is O=C1NCC(C(=O)N[C@@H](CO)C(=O)N2CCN(c3ccc([N+](=O)[O-])cc3)CC2)N1. The summed E-state index contributed by atoms with van der Waals surface area (Å²) >= 11 is 0. The molecular formula is C17H22N6O6. The van der Waals surface area contributed by atoms with E-state index in [4.69, 9.17) is 0 Å². The van der Waals surface area contributed by atoms with Gasteiger partial charge in [0.2, 0.25) is 11.8 Å². The summed E-state index contributed by atoms with van der Waals surface area (Å²) in [5, 5.41) is 27.6. The molecule has 2 atom stereocenters. The number of rotatable bonds is 6. The van der Waals surface area contributed by atoms with Gasteiger partial charge in [-0.3, -0.25) is 19.7 Å². The molecule has 0 spiro atoms. The zero-order valence-electron chi connectivity index (χ0n) is 15.5. The number of aliphatic hydroxyl groups is 1. The van der Waals surface area contributed by atoms with Gasteiger partial charge in [-0.25, -0.2) is 4.79 Å². The van der Waals surface area contributed by atoms with Crippen LogP contribution in [0.5, 0.6) is 0 Å². The van der Waals surface area contributed by atoms with Gasteiger partial charge in [0.15, 0.2) is 0 Å². The summed E-state index contributed by atoms with van der Waals surface area (Å²) in [6.45, 7) is 1.34. The standard InChI is InChI=1S/C17H22N6O6/c24-10-14(19-15(25)13-9-18-17(27)20-13)16(26)22-7-5-21(6-8-22)11-1-3-12(4-2-11)23(28)29/h1-4,13-14,24H,5-10H2,(H,19,25)(H2,18,20,27)/t13?,14-/m0/s1. The average molecular weight is 406 g/mol. The topological polar surface area (TPSA) is 157 Å². The third kappa shape index (κ3) is 4.71. The van der Waals surface area contributed by atoms with Crippen LogP contribution in [0, 0.1) is 10.1 Å². The predicted octanol–water partition coefficient (Wildman–Crippen LogP) is -1.60. The molecule has 4 N–H and O–H groups in total. The Bertz CT molecular complexity index is 792. The first kappa shape index (κ1) is 20.3. The Hall–Kier alpha value is -3.41. The molecule has 1 aromatic carbocycles. The minimum Gasteiger partial charge on any atom is -0.394 e. The number of piperazine rings is 1. The first-order valence-electron chi connectivity index (χ1n) is 9.13. The van der Waals surface area contributed by atoms with Crippen molar-refractivity contribution in [1.82, 2.24) is 20.9 Å². The van der Waals surface area contributed by atoms with Crippen LogP contribution in [-0.4, -0.2) is 84.2 Å². The van der Waals surface area contributed by atoms with Crippen molar-refractivity contribution in [2.75, 3.05) is 44.2 Å². The van der Waals surface area contributed by atoms with Crippen molar-refractivity contribution in [2.24, 2.45) is 0 Å². The average Bonchev–Trinajstić information content (AvgIpc) is 3.18. The molecule has 0 radical (unpaired) electrons. The second kappa shape index (κ2) is 8.73. The molecule has 0 aliphatic carbocycles. The number of carbonyl (C=O) groups is 3. The van der Waals surface area contributed by atoms with Gasteiger partial charge < -0.3 is 30.9 Å². The number of amides is 4. The zero-order valence-corrected chi connectivity index (χ0v) is 15.5. The Balaban J connectivity index is 1.53. The van der Waals surface area contributed by atoms with Gasteiger partial charge in [0.05, 0.1) is 11.5 Å². The lowest BCUT2D eigenvalue weighted by Crippen LogP contribution is -2.58. The van der Waals surface area contributed by atoms with Crippen LogP contribution >= 0.6 is 0 Å². The Morgan fingerprint density at radius 3 is 2.41 bits per heavy atom. The predicted molar refractivity (Wildman–Crippen MR) is 101 cm³/mol. The molecule has 2 aliphatic heterocycles. The van der Waals surface area contributed by atoms with E-state index in [9.17, 15) is 29.6 Å². The van der Waals surface area contributed by atoms with Crippen LogP contribution < -0.4 is 20.9 Å². The highest BCUT2D eigenvalue weighted by Crippen LogP contribution is 2.20. The first-order chi connectivity index (χ1) is 13.9. The van der Waals surface area contributed by atoms with Crippen molar-refractivity contribution in [3.8, 4) is 0 Å². The van der Waals surface area contributed by atoms with Crippen LogP contribution in [0.25, 0.3) is 0 Å². The molecule has 2 saturated heterocycles. The number of hydrogen-bond donors (Lipinski definition) is 4. The third-order valence-corrected chi connectivity index (χ3v) is 4.90. The van der Waals surface area contributed by atoms with Crippen molar-refractivity contribution >= 4 is 29.2 Å². The number of aliphatic hydroxyl groups excluding tert-OH is 1. The molecule has 12 heteroatoms. The van der Waals surface area contributed by atoms with Crippen LogP contribution in [0.1, 0.15) is 0 Å². The molecule has 2 aliphatic rings. The number of urea groups is 1. The van der Waals surface area contributed by atoms with Crippen molar-refractivity contribution in [2.45, 2.75) is 12.1 Å². The van der Waals surface area contributed by atoms with Gasteiger partial charge in [0.1, 0.15) is 12.1 Å². The fourth-order valence-electron chi connectivity index (χ4n) is 3.26. The lowest BCUT2D eigenvalue weighted by atomic mass is 10.2. The monoisotopic (exact) mass is 406 g/mol. The number of benzene rings is 1. The summed E-state index contributed by atoms with van der Waals surface area (Å²) in [6.07, 6.45) is 0. The summed E-state index contributed by atoms with van der Waals surface area (Å²) < 4.78 is 0. The fourth-order valence-corrected chi connectivity index (χ4v) is 3.26. The molecule has 4 amide bonds. The van der Waals surface area contributed by atoms with Crippen molar-refractivity contribution in [3.63, 3.8) is 0 Å². The van der Waals surface area contributed by atoms with Crippen molar-refractivity contribution < 1.29 is 24.4 Å². The number of anilines is 1. The molecule has 156 valence electrons. The Labute approximate surface area is 166 Å². The molecule has 0 aromatic heterocycles. The fraction of sp³-hybridized carbons (Fsp3) is 0.471. The lowest BCUT2D eigenvalue weighted by molar-refractivity contribution is -0.384. The summed E-state index contributed by atoms with van der Waals surface area (Å²) in [4.78, 5) is 49.8. The maximum absolute atomic E-state index is 12.7. The summed E-state index contributed by atoms with van der Waals surface area (Å²) in [6, 6.07) is 3.85. The molecule has 2 fully saturated rings. The lowest BCUT2D eigenvalue weighted by Gasteiger charge is -2.37. The largest absolute Gasteiger partial charge is 0.394 e. The highest BCUT2D eigenvalue weighted by Gasteiger charge is 2.32. The second-order valence-corrected chi connectivity index (χ2v) is 6.74. The molecule has 0 bridgehead atoms. The molecule has 1 aromatic rings. The Morgan fingerprint density at radius 1 is 1.24 bits per heavy atom. The minimum absolute atomic E-state index is 0.0118. The van der Waals surface area contributed by atoms with E-state index in [0.717, 1.165) is 5.69 Å². The van der Waals surface area contributed by atoms with Gasteiger partial charge in [-0.05, 0) is 12.1 Å². The molecule has 3 rings (SSSR count). The highest BCUT2D eigenvalue weighted by molar-refractivity contribution is 5.93. The summed E-state index contributed by atoms with van der Waals surface area (Å²) in [7, 11) is 0. The van der Waals surface area contributed by atoms with E-state index >= 15 is 0 Å². The number of nitro benzene ring substituents is 1. The van der Waals surface area contributed by atoms with Gasteiger partial charge in [-0.1, -0.05) is 0 Å². The van der Waals surface area contributed by atoms with E-state index in [0.29, 0.717) is 26.2 Å². The number of hydrogen-bond acceptors (Lipinski definition) is 7. The molecule has 12 nitrogen and oxygen atoms in total. The van der Waals surface area contributed by atoms with Crippen LogP contribution in [0.15, 0.2) is 24.3 Å². The van der Waals surface area contributed by atoms with Gasteiger partial charge in [-0.15, -0.1) is 0 Å². The van der Waals surface area contributed by atoms with Crippen LogP contribution in [-0.2, 0) is 9.59 Å². The quantitative estimate of drug-likeness (QED) is 0.327. The number of nitrogens with zero attached hydrogens (tertiary/aromatic N) is 3. The van der Waals surface area contributed by atoms with Crippen LogP contribution in [0.3, 0.4) is 0 Å². The minimum atomic E-state index is -1.09. The normalized spacial score (nSPS) is 19.9. The molecule has 1 unspecified atom stereocenters. The highest BCUT2D eigenvalue weighted by atomic mass is 16.6.